The Morgan fingerprint density at radius 3 is 2.22 bits per heavy atom. The minimum atomic E-state index is -0.218. The summed E-state index contributed by atoms with van der Waals surface area (Å²) in [6.45, 7) is 0.432. The second-order valence-corrected chi connectivity index (χ2v) is 7.38. The van der Waals surface area contributed by atoms with Gasteiger partial charge in [0.05, 0.1) is 21.3 Å². The fourth-order valence-corrected chi connectivity index (χ4v) is 3.98. The first-order chi connectivity index (χ1) is 15.7. The zero-order chi connectivity index (χ0) is 22.5. The number of hydrogen-bond acceptors (Lipinski definition) is 4. The molecule has 6 nitrogen and oxygen atoms in total. The fraction of sp³-hybridized carbons (Fsp3) is 0.192. The summed E-state index contributed by atoms with van der Waals surface area (Å²) in [6.07, 6.45) is 2.02. The van der Waals surface area contributed by atoms with Crippen LogP contribution in [0.25, 0.3) is 10.9 Å². The number of H-pyrrole nitrogens is 1. The van der Waals surface area contributed by atoms with Gasteiger partial charge in [-0.3, -0.25) is 4.79 Å². The molecule has 6 heteroatoms. The number of para-hydroxylation sites is 1. The number of nitrogens with one attached hydrogen (secondary N) is 2. The normalized spacial score (nSPS) is 11.7. The van der Waals surface area contributed by atoms with E-state index in [2.05, 4.69) is 34.6 Å². The number of rotatable bonds is 8. The summed E-state index contributed by atoms with van der Waals surface area (Å²) in [5.74, 6) is 1.09. The average Bonchev–Trinajstić information content (AvgIpc) is 3.27. The van der Waals surface area contributed by atoms with Crippen molar-refractivity contribution in [3.63, 3.8) is 0 Å². The first-order valence-electron chi connectivity index (χ1n) is 10.4. The summed E-state index contributed by atoms with van der Waals surface area (Å²) < 4.78 is 16.1. The van der Waals surface area contributed by atoms with E-state index in [4.69, 9.17) is 14.2 Å². The SMILES string of the molecule is COc1cc(C(=O)NC[C@H](c2ccccc2)c2c[nH]c3ccccc23)cc(OC)c1OC. The summed E-state index contributed by atoms with van der Waals surface area (Å²) >= 11 is 0. The van der Waals surface area contributed by atoms with Gasteiger partial charge in [-0.15, -0.1) is 0 Å². The number of aromatic amines is 1. The summed E-state index contributed by atoms with van der Waals surface area (Å²) in [7, 11) is 4.59. The molecule has 3 aromatic carbocycles. The predicted molar refractivity (Wildman–Crippen MR) is 125 cm³/mol. The molecule has 0 aliphatic heterocycles. The van der Waals surface area contributed by atoms with Gasteiger partial charge in [0, 0.05) is 35.1 Å². The molecule has 0 aliphatic rings. The molecule has 0 spiro atoms. The molecule has 1 atom stereocenters. The van der Waals surface area contributed by atoms with E-state index in [0.717, 1.165) is 22.0 Å². The molecular formula is C26H26N2O4. The minimum Gasteiger partial charge on any atom is -0.493 e. The molecule has 2 N–H and O–H groups in total. The summed E-state index contributed by atoms with van der Waals surface area (Å²) in [4.78, 5) is 16.4. The van der Waals surface area contributed by atoms with Crippen LogP contribution in [-0.4, -0.2) is 38.8 Å². The maximum Gasteiger partial charge on any atom is 0.251 e. The highest BCUT2D eigenvalue weighted by Crippen LogP contribution is 2.38. The van der Waals surface area contributed by atoms with Crippen LogP contribution in [0.2, 0.25) is 0 Å². The van der Waals surface area contributed by atoms with Crippen LogP contribution in [0, 0.1) is 0 Å². The smallest absolute Gasteiger partial charge is 0.251 e. The van der Waals surface area contributed by atoms with Gasteiger partial charge in [0.15, 0.2) is 11.5 Å². The van der Waals surface area contributed by atoms with E-state index in [-0.39, 0.29) is 11.8 Å². The number of hydrogen-bond donors (Lipinski definition) is 2. The van der Waals surface area contributed by atoms with Crippen LogP contribution in [0.1, 0.15) is 27.4 Å². The number of ether oxygens (including phenoxy) is 3. The highest BCUT2D eigenvalue weighted by molar-refractivity contribution is 5.95. The van der Waals surface area contributed by atoms with E-state index < -0.39 is 0 Å². The minimum absolute atomic E-state index is 0.0154. The molecule has 0 saturated carbocycles. The van der Waals surface area contributed by atoms with Gasteiger partial charge in [-0.25, -0.2) is 0 Å². The second-order valence-electron chi connectivity index (χ2n) is 7.38. The van der Waals surface area contributed by atoms with E-state index in [1.165, 1.54) is 21.3 Å². The van der Waals surface area contributed by atoms with Crippen LogP contribution >= 0.6 is 0 Å². The maximum absolute atomic E-state index is 13.1. The van der Waals surface area contributed by atoms with E-state index in [0.29, 0.717) is 29.4 Å². The van der Waals surface area contributed by atoms with E-state index in [9.17, 15) is 4.79 Å². The third-order valence-electron chi connectivity index (χ3n) is 5.59. The molecule has 0 saturated heterocycles. The molecule has 4 rings (SSSR count). The van der Waals surface area contributed by atoms with Gasteiger partial charge >= 0.3 is 0 Å². The number of amides is 1. The van der Waals surface area contributed by atoms with E-state index >= 15 is 0 Å². The Labute approximate surface area is 187 Å². The first kappa shape index (κ1) is 21.3. The Bertz CT molecular complexity index is 1190. The van der Waals surface area contributed by atoms with Crippen LogP contribution in [0.15, 0.2) is 72.9 Å². The second kappa shape index (κ2) is 9.47. The number of carbonyl (C=O) groups excluding carboxylic acids is 1. The molecule has 1 aromatic heterocycles. The number of carbonyl (C=O) groups is 1. The van der Waals surface area contributed by atoms with Crippen molar-refractivity contribution in [2.24, 2.45) is 0 Å². The van der Waals surface area contributed by atoms with Crippen molar-refractivity contribution in [2.45, 2.75) is 5.92 Å². The third kappa shape index (κ3) is 4.12. The molecule has 0 aliphatic carbocycles. The lowest BCUT2D eigenvalue weighted by Gasteiger charge is -2.19. The molecule has 0 radical (unpaired) electrons. The van der Waals surface area contributed by atoms with Crippen LogP contribution in [0.3, 0.4) is 0 Å². The number of aromatic nitrogens is 1. The standard InChI is InChI=1S/C26H26N2O4/c1-30-23-13-18(14-24(31-2)25(23)32-3)26(29)28-15-20(17-9-5-4-6-10-17)21-16-27-22-12-8-7-11-19(21)22/h4-14,16,20,27H,15H2,1-3H3,(H,28,29)/t20-/m1/s1. The van der Waals surface area contributed by atoms with Crippen molar-refractivity contribution in [1.29, 1.82) is 0 Å². The molecule has 1 heterocycles. The Balaban J connectivity index is 1.64. The Hall–Kier alpha value is -3.93. The third-order valence-corrected chi connectivity index (χ3v) is 5.59. The molecule has 1 amide bonds. The van der Waals surface area contributed by atoms with Crippen molar-refractivity contribution in [2.75, 3.05) is 27.9 Å². The Kier molecular flexibility index (Phi) is 6.31. The van der Waals surface area contributed by atoms with Gasteiger partial charge in [0.25, 0.3) is 5.91 Å². The maximum atomic E-state index is 13.1. The summed E-state index contributed by atoms with van der Waals surface area (Å²) in [5, 5.41) is 4.23. The van der Waals surface area contributed by atoms with Crippen molar-refractivity contribution in [3.05, 3.63) is 89.6 Å². The number of fused-ring (bicyclic) bond motifs is 1. The van der Waals surface area contributed by atoms with Crippen molar-refractivity contribution >= 4 is 16.8 Å². The molecule has 32 heavy (non-hydrogen) atoms. The number of methoxy groups -OCH3 is 3. The number of benzene rings is 3. The largest absolute Gasteiger partial charge is 0.493 e. The molecular weight excluding hydrogens is 404 g/mol. The lowest BCUT2D eigenvalue weighted by atomic mass is 9.91. The van der Waals surface area contributed by atoms with Gasteiger partial charge in [0.1, 0.15) is 0 Å². The van der Waals surface area contributed by atoms with Gasteiger partial charge in [-0.1, -0.05) is 48.5 Å². The Morgan fingerprint density at radius 2 is 1.56 bits per heavy atom. The molecule has 0 bridgehead atoms. The molecule has 0 unspecified atom stereocenters. The van der Waals surface area contributed by atoms with Gasteiger partial charge < -0.3 is 24.5 Å². The summed E-state index contributed by atoms with van der Waals surface area (Å²) in [6, 6.07) is 21.7. The van der Waals surface area contributed by atoms with Crippen molar-refractivity contribution < 1.29 is 19.0 Å². The quantitative estimate of drug-likeness (QED) is 0.423. The van der Waals surface area contributed by atoms with E-state index in [1.807, 2.05) is 36.5 Å². The highest BCUT2D eigenvalue weighted by Gasteiger charge is 2.21. The van der Waals surface area contributed by atoms with Crippen LogP contribution in [-0.2, 0) is 0 Å². The zero-order valence-corrected chi connectivity index (χ0v) is 18.3. The van der Waals surface area contributed by atoms with E-state index in [1.54, 1.807) is 12.1 Å². The van der Waals surface area contributed by atoms with Crippen molar-refractivity contribution in [1.82, 2.24) is 10.3 Å². The average molecular weight is 431 g/mol. The van der Waals surface area contributed by atoms with Gasteiger partial charge in [0.2, 0.25) is 5.75 Å². The van der Waals surface area contributed by atoms with Crippen LogP contribution in [0.5, 0.6) is 17.2 Å². The lowest BCUT2D eigenvalue weighted by Crippen LogP contribution is -2.29. The topological polar surface area (TPSA) is 72.6 Å². The zero-order valence-electron chi connectivity index (χ0n) is 18.3. The first-order valence-corrected chi connectivity index (χ1v) is 10.4. The summed E-state index contributed by atoms with van der Waals surface area (Å²) in [5.41, 5.74) is 3.77. The van der Waals surface area contributed by atoms with Crippen LogP contribution < -0.4 is 19.5 Å². The van der Waals surface area contributed by atoms with Crippen LogP contribution in [0.4, 0.5) is 0 Å². The van der Waals surface area contributed by atoms with Gasteiger partial charge in [-0.05, 0) is 29.3 Å². The van der Waals surface area contributed by atoms with Gasteiger partial charge in [-0.2, -0.15) is 0 Å². The molecule has 4 aromatic rings. The monoisotopic (exact) mass is 430 g/mol. The fourth-order valence-electron chi connectivity index (χ4n) is 3.98. The Morgan fingerprint density at radius 1 is 0.906 bits per heavy atom. The molecule has 0 fully saturated rings. The molecule has 164 valence electrons. The lowest BCUT2D eigenvalue weighted by molar-refractivity contribution is 0.0951. The van der Waals surface area contributed by atoms with Crippen molar-refractivity contribution in [3.8, 4) is 17.2 Å². The predicted octanol–water partition coefficient (Wildman–Crippen LogP) is 4.76. The highest BCUT2D eigenvalue weighted by atomic mass is 16.5.